The maximum Gasteiger partial charge on any atom is 0.168 e. The second-order valence-corrected chi connectivity index (χ2v) is 4.33. The van der Waals surface area contributed by atoms with E-state index in [4.69, 9.17) is 14.2 Å². The average Bonchev–Trinajstić information content (AvgIpc) is 2.55. The molecule has 0 aliphatic rings. The Bertz CT molecular complexity index is 573. The molecule has 0 atom stereocenters. The van der Waals surface area contributed by atoms with E-state index in [0.717, 1.165) is 17.0 Å². The third-order valence-electron chi connectivity index (χ3n) is 3.10. The van der Waals surface area contributed by atoms with Crippen molar-refractivity contribution in [2.45, 2.75) is 6.54 Å². The second kappa shape index (κ2) is 7.40. The van der Waals surface area contributed by atoms with Gasteiger partial charge in [0.05, 0.1) is 26.9 Å². The van der Waals surface area contributed by atoms with Crippen molar-refractivity contribution < 1.29 is 14.2 Å². The summed E-state index contributed by atoms with van der Waals surface area (Å²) in [5, 5.41) is 0. The van der Waals surface area contributed by atoms with Crippen LogP contribution in [0.5, 0.6) is 17.2 Å². The van der Waals surface area contributed by atoms with Crippen LogP contribution in [-0.2, 0) is 6.54 Å². The second-order valence-electron chi connectivity index (χ2n) is 4.33. The number of nitrogens with one attached hydrogen (secondary N) is 2. The summed E-state index contributed by atoms with van der Waals surface area (Å²) in [6.07, 6.45) is 0. The molecule has 2 aromatic rings. The highest BCUT2D eigenvalue weighted by atomic mass is 16.5. The number of hydrazine groups is 1. The average molecular weight is 288 g/mol. The molecule has 5 nitrogen and oxygen atoms in total. The predicted octanol–water partition coefficient (Wildman–Crippen LogP) is 2.83. The monoisotopic (exact) mass is 288 g/mol. The zero-order valence-corrected chi connectivity index (χ0v) is 12.5. The molecule has 0 fully saturated rings. The minimum atomic E-state index is 0.526. The molecule has 112 valence electrons. The first-order chi connectivity index (χ1) is 10.3. The smallest absolute Gasteiger partial charge is 0.168 e. The number of para-hydroxylation sites is 1. The van der Waals surface area contributed by atoms with Crippen LogP contribution in [-0.4, -0.2) is 21.3 Å². The number of anilines is 1. The van der Waals surface area contributed by atoms with Crippen molar-refractivity contribution in [2.24, 2.45) is 0 Å². The molecule has 0 saturated carbocycles. The van der Waals surface area contributed by atoms with Gasteiger partial charge in [-0.15, -0.1) is 0 Å². The number of methoxy groups -OCH3 is 3. The highest BCUT2D eigenvalue weighted by Gasteiger charge is 2.15. The third kappa shape index (κ3) is 3.58. The minimum absolute atomic E-state index is 0.526. The van der Waals surface area contributed by atoms with Crippen molar-refractivity contribution >= 4 is 5.69 Å². The van der Waals surface area contributed by atoms with Gasteiger partial charge >= 0.3 is 0 Å². The first kappa shape index (κ1) is 15.0. The van der Waals surface area contributed by atoms with Crippen LogP contribution >= 0.6 is 0 Å². The van der Waals surface area contributed by atoms with Crippen LogP contribution in [0.25, 0.3) is 0 Å². The van der Waals surface area contributed by atoms with Gasteiger partial charge in [0.15, 0.2) is 11.5 Å². The number of hydrogen-bond donors (Lipinski definition) is 2. The summed E-state index contributed by atoms with van der Waals surface area (Å²) < 4.78 is 16.1. The fraction of sp³-hybridized carbons (Fsp3) is 0.250. The first-order valence-corrected chi connectivity index (χ1v) is 6.62. The molecule has 0 bridgehead atoms. The molecule has 0 aromatic heterocycles. The Kier molecular flexibility index (Phi) is 5.29. The Hall–Kier alpha value is -2.40. The van der Waals surface area contributed by atoms with Crippen molar-refractivity contribution in [3.05, 3.63) is 48.0 Å². The fourth-order valence-electron chi connectivity index (χ4n) is 2.09. The van der Waals surface area contributed by atoms with Gasteiger partial charge < -0.3 is 19.6 Å². The molecule has 0 aliphatic carbocycles. The van der Waals surface area contributed by atoms with Crippen LogP contribution in [0.3, 0.4) is 0 Å². The van der Waals surface area contributed by atoms with E-state index in [0.29, 0.717) is 18.0 Å². The molecule has 2 aromatic carbocycles. The van der Waals surface area contributed by atoms with Gasteiger partial charge in [0.25, 0.3) is 0 Å². The van der Waals surface area contributed by atoms with Gasteiger partial charge in [-0.3, -0.25) is 0 Å². The van der Waals surface area contributed by atoms with E-state index in [2.05, 4.69) is 10.9 Å². The molecule has 0 unspecified atom stereocenters. The minimum Gasteiger partial charge on any atom is -0.496 e. The molecular formula is C16H20N2O3. The van der Waals surface area contributed by atoms with Gasteiger partial charge in [0.1, 0.15) is 5.75 Å². The van der Waals surface area contributed by atoms with Crippen LogP contribution in [0.1, 0.15) is 5.56 Å². The summed E-state index contributed by atoms with van der Waals surface area (Å²) in [6.45, 7) is 0.526. The lowest BCUT2D eigenvalue weighted by molar-refractivity contribution is 0.342. The number of ether oxygens (including phenoxy) is 3. The molecule has 0 aliphatic heterocycles. The third-order valence-corrected chi connectivity index (χ3v) is 3.10. The summed E-state index contributed by atoms with van der Waals surface area (Å²) in [5.41, 5.74) is 8.16. The molecule has 5 heteroatoms. The van der Waals surface area contributed by atoms with Crippen LogP contribution in [0.15, 0.2) is 42.5 Å². The topological polar surface area (TPSA) is 51.8 Å². The maximum atomic E-state index is 5.44. The van der Waals surface area contributed by atoms with Gasteiger partial charge in [-0.1, -0.05) is 18.2 Å². The van der Waals surface area contributed by atoms with Crippen LogP contribution in [0, 0.1) is 0 Å². The van der Waals surface area contributed by atoms with Gasteiger partial charge in [-0.25, -0.2) is 5.43 Å². The Morgan fingerprint density at radius 1 is 0.810 bits per heavy atom. The molecule has 21 heavy (non-hydrogen) atoms. The van der Waals surface area contributed by atoms with Crippen LogP contribution < -0.4 is 25.1 Å². The Morgan fingerprint density at radius 2 is 1.48 bits per heavy atom. The van der Waals surface area contributed by atoms with Gasteiger partial charge in [0.2, 0.25) is 0 Å². The highest BCUT2D eigenvalue weighted by molar-refractivity contribution is 5.54. The van der Waals surface area contributed by atoms with Gasteiger partial charge in [-0.05, 0) is 24.3 Å². The molecule has 2 N–H and O–H groups in total. The largest absolute Gasteiger partial charge is 0.496 e. The quantitative estimate of drug-likeness (QED) is 0.767. The predicted molar refractivity (Wildman–Crippen MR) is 83.0 cm³/mol. The van der Waals surface area contributed by atoms with Crippen molar-refractivity contribution in [3.63, 3.8) is 0 Å². The van der Waals surface area contributed by atoms with Gasteiger partial charge in [-0.2, -0.15) is 0 Å². The Labute approximate surface area is 124 Å². The Balaban J connectivity index is 2.14. The van der Waals surface area contributed by atoms with Crippen LogP contribution in [0.4, 0.5) is 5.69 Å². The van der Waals surface area contributed by atoms with Gasteiger partial charge in [0, 0.05) is 12.2 Å². The van der Waals surface area contributed by atoms with E-state index in [1.165, 1.54) is 0 Å². The van der Waals surface area contributed by atoms with E-state index in [-0.39, 0.29) is 0 Å². The summed E-state index contributed by atoms with van der Waals surface area (Å²) >= 11 is 0. The summed E-state index contributed by atoms with van der Waals surface area (Å²) in [6, 6.07) is 13.6. The number of rotatable bonds is 7. The SMILES string of the molecule is COc1ccc(OC)c(OC)c1CNNc1ccccc1. The molecule has 0 heterocycles. The highest BCUT2D eigenvalue weighted by Crippen LogP contribution is 2.37. The fourth-order valence-corrected chi connectivity index (χ4v) is 2.09. The lowest BCUT2D eigenvalue weighted by Gasteiger charge is -2.17. The summed E-state index contributed by atoms with van der Waals surface area (Å²) in [4.78, 5) is 0. The van der Waals surface area contributed by atoms with E-state index < -0.39 is 0 Å². The standard InChI is InChI=1S/C16H20N2O3/c1-19-14-9-10-15(20-2)16(21-3)13(14)11-17-18-12-7-5-4-6-8-12/h4-10,17-18H,11H2,1-3H3. The first-order valence-electron chi connectivity index (χ1n) is 6.62. The van der Waals surface area contributed by atoms with Crippen molar-refractivity contribution in [3.8, 4) is 17.2 Å². The van der Waals surface area contributed by atoms with Crippen LogP contribution in [0.2, 0.25) is 0 Å². The van der Waals surface area contributed by atoms with E-state index in [1.807, 2.05) is 42.5 Å². The van der Waals surface area contributed by atoms with Crippen molar-refractivity contribution in [2.75, 3.05) is 26.8 Å². The van der Waals surface area contributed by atoms with Crippen molar-refractivity contribution in [1.82, 2.24) is 5.43 Å². The summed E-state index contributed by atoms with van der Waals surface area (Å²) in [5.74, 6) is 2.09. The Morgan fingerprint density at radius 3 is 2.10 bits per heavy atom. The maximum absolute atomic E-state index is 5.44. The molecule has 0 radical (unpaired) electrons. The normalized spacial score (nSPS) is 10.0. The number of hydrogen-bond acceptors (Lipinski definition) is 5. The molecule has 2 rings (SSSR count). The zero-order valence-electron chi connectivity index (χ0n) is 12.5. The molecule has 0 saturated heterocycles. The van der Waals surface area contributed by atoms with Crippen molar-refractivity contribution in [1.29, 1.82) is 0 Å². The lowest BCUT2D eigenvalue weighted by atomic mass is 10.1. The molecule has 0 spiro atoms. The van der Waals surface area contributed by atoms with E-state index >= 15 is 0 Å². The molecule has 0 amide bonds. The molecular weight excluding hydrogens is 268 g/mol. The zero-order chi connectivity index (χ0) is 15.1. The van der Waals surface area contributed by atoms with E-state index in [9.17, 15) is 0 Å². The van der Waals surface area contributed by atoms with E-state index in [1.54, 1.807) is 21.3 Å². The lowest BCUT2D eigenvalue weighted by Crippen LogP contribution is -2.21. The summed E-state index contributed by atoms with van der Waals surface area (Å²) in [7, 11) is 4.87. The number of benzene rings is 2.